The fourth-order valence-electron chi connectivity index (χ4n) is 3.04. The van der Waals surface area contributed by atoms with Crippen LogP contribution in [0.25, 0.3) is 0 Å². The van der Waals surface area contributed by atoms with E-state index in [9.17, 15) is 13.2 Å². The second kappa shape index (κ2) is 7.90. The Morgan fingerprint density at radius 3 is 2.46 bits per heavy atom. The summed E-state index contributed by atoms with van der Waals surface area (Å²) in [5.74, 6) is -0.289. The fourth-order valence-corrected chi connectivity index (χ4v) is 5.28. The first-order valence-electron chi connectivity index (χ1n) is 8.56. The second-order valence-electron chi connectivity index (χ2n) is 6.38. The number of carbonyl (C=O) groups excluding carboxylic acids is 1. The maximum absolute atomic E-state index is 13.0. The average Bonchev–Trinajstić information content (AvgIpc) is 2.64. The van der Waals surface area contributed by atoms with Gasteiger partial charge in [0.25, 0.3) is 5.91 Å². The summed E-state index contributed by atoms with van der Waals surface area (Å²) in [6, 6.07) is 12.1. The molecule has 1 fully saturated rings. The topological polar surface area (TPSA) is 66.5 Å². The molecule has 0 aromatic heterocycles. The Kier molecular flexibility index (Phi) is 5.79. The number of amides is 1. The summed E-state index contributed by atoms with van der Waals surface area (Å²) in [6.45, 7) is 2.88. The van der Waals surface area contributed by atoms with Crippen LogP contribution in [-0.2, 0) is 10.0 Å². The van der Waals surface area contributed by atoms with E-state index in [1.165, 1.54) is 4.31 Å². The highest BCUT2D eigenvalue weighted by Gasteiger charge is 2.27. The molecule has 1 amide bonds. The minimum Gasteiger partial charge on any atom is -0.322 e. The number of rotatable bonds is 4. The summed E-state index contributed by atoms with van der Waals surface area (Å²) < 4.78 is 28.2. The van der Waals surface area contributed by atoms with Gasteiger partial charge >= 0.3 is 0 Å². The highest BCUT2D eigenvalue weighted by molar-refractivity contribution is 9.10. The molecule has 2 aromatic rings. The van der Waals surface area contributed by atoms with Crippen molar-refractivity contribution < 1.29 is 13.2 Å². The van der Waals surface area contributed by atoms with Crippen molar-refractivity contribution in [2.75, 3.05) is 18.4 Å². The third kappa shape index (κ3) is 4.00. The summed E-state index contributed by atoms with van der Waals surface area (Å²) in [6.07, 6.45) is 2.83. The van der Waals surface area contributed by atoms with Crippen LogP contribution in [0.1, 0.15) is 35.2 Å². The Morgan fingerprint density at radius 1 is 1.08 bits per heavy atom. The molecule has 0 saturated carbocycles. The lowest BCUT2D eigenvalue weighted by atomic mass is 10.2. The zero-order valence-corrected chi connectivity index (χ0v) is 16.9. The van der Waals surface area contributed by atoms with Gasteiger partial charge in [-0.3, -0.25) is 4.79 Å². The molecule has 0 bridgehead atoms. The molecule has 2 aromatic carbocycles. The number of piperidine rings is 1. The SMILES string of the molecule is Cc1ccc(NC(=O)c2ccccc2Br)cc1S(=O)(=O)N1CCCCC1. The van der Waals surface area contributed by atoms with Crippen molar-refractivity contribution in [1.29, 1.82) is 0 Å². The van der Waals surface area contributed by atoms with E-state index < -0.39 is 10.0 Å². The van der Waals surface area contributed by atoms with Gasteiger partial charge in [-0.1, -0.05) is 24.6 Å². The van der Waals surface area contributed by atoms with Crippen LogP contribution in [0, 0.1) is 6.92 Å². The molecule has 0 aliphatic carbocycles. The monoisotopic (exact) mass is 436 g/mol. The Morgan fingerprint density at radius 2 is 1.77 bits per heavy atom. The maximum Gasteiger partial charge on any atom is 0.256 e. The number of anilines is 1. The molecule has 0 unspecified atom stereocenters. The minimum absolute atomic E-state index is 0.254. The number of hydrogen-bond donors (Lipinski definition) is 1. The largest absolute Gasteiger partial charge is 0.322 e. The van der Waals surface area contributed by atoms with E-state index in [4.69, 9.17) is 0 Å². The number of halogens is 1. The van der Waals surface area contributed by atoms with Gasteiger partial charge in [0.05, 0.1) is 10.5 Å². The van der Waals surface area contributed by atoms with Crippen LogP contribution in [0.5, 0.6) is 0 Å². The summed E-state index contributed by atoms with van der Waals surface area (Å²) in [5, 5.41) is 2.79. The first kappa shape index (κ1) is 19.1. The number of sulfonamides is 1. The van der Waals surface area contributed by atoms with Gasteiger partial charge in [0.2, 0.25) is 10.0 Å². The third-order valence-corrected chi connectivity index (χ3v) is 7.23. The van der Waals surface area contributed by atoms with Crippen molar-refractivity contribution >= 4 is 37.5 Å². The van der Waals surface area contributed by atoms with Crippen LogP contribution in [-0.4, -0.2) is 31.7 Å². The molecular weight excluding hydrogens is 416 g/mol. The molecule has 5 nitrogen and oxygen atoms in total. The number of benzene rings is 2. The van der Waals surface area contributed by atoms with E-state index in [1.54, 1.807) is 43.3 Å². The van der Waals surface area contributed by atoms with E-state index in [-0.39, 0.29) is 10.8 Å². The molecule has 0 atom stereocenters. The summed E-state index contributed by atoms with van der Waals surface area (Å²) >= 11 is 3.36. The zero-order chi connectivity index (χ0) is 18.7. The van der Waals surface area contributed by atoms with E-state index >= 15 is 0 Å². The van der Waals surface area contributed by atoms with E-state index in [1.807, 2.05) is 6.07 Å². The molecule has 1 saturated heterocycles. The molecule has 1 aliphatic heterocycles. The van der Waals surface area contributed by atoms with Gasteiger partial charge in [-0.2, -0.15) is 4.31 Å². The number of carbonyl (C=O) groups is 1. The average molecular weight is 437 g/mol. The normalized spacial score (nSPS) is 15.6. The van der Waals surface area contributed by atoms with Crippen molar-refractivity contribution in [3.8, 4) is 0 Å². The van der Waals surface area contributed by atoms with Crippen LogP contribution in [0.2, 0.25) is 0 Å². The molecule has 1 N–H and O–H groups in total. The predicted octanol–water partition coefficient (Wildman–Crippen LogP) is 4.18. The van der Waals surface area contributed by atoms with Crippen LogP contribution < -0.4 is 5.32 Å². The lowest BCUT2D eigenvalue weighted by Crippen LogP contribution is -2.36. The van der Waals surface area contributed by atoms with Crippen LogP contribution in [0.4, 0.5) is 5.69 Å². The Bertz CT molecular complexity index is 922. The number of nitrogens with zero attached hydrogens (tertiary/aromatic N) is 1. The number of hydrogen-bond acceptors (Lipinski definition) is 3. The van der Waals surface area contributed by atoms with Crippen LogP contribution >= 0.6 is 15.9 Å². The third-order valence-electron chi connectivity index (χ3n) is 4.50. The molecule has 7 heteroatoms. The molecule has 1 heterocycles. The first-order chi connectivity index (χ1) is 12.4. The molecule has 1 aliphatic rings. The van der Waals surface area contributed by atoms with Gasteiger partial charge in [-0.05, 0) is 65.5 Å². The Hall–Kier alpha value is -1.70. The van der Waals surface area contributed by atoms with Gasteiger partial charge < -0.3 is 5.32 Å². The molecule has 0 radical (unpaired) electrons. The van der Waals surface area contributed by atoms with Gasteiger partial charge in [0.1, 0.15) is 0 Å². The zero-order valence-electron chi connectivity index (χ0n) is 14.5. The highest BCUT2D eigenvalue weighted by atomic mass is 79.9. The fraction of sp³-hybridized carbons (Fsp3) is 0.316. The van der Waals surface area contributed by atoms with Crippen molar-refractivity contribution in [3.63, 3.8) is 0 Å². The van der Waals surface area contributed by atoms with Crippen molar-refractivity contribution in [3.05, 3.63) is 58.1 Å². The van der Waals surface area contributed by atoms with Gasteiger partial charge in [0.15, 0.2) is 0 Å². The van der Waals surface area contributed by atoms with Gasteiger partial charge in [0, 0.05) is 23.2 Å². The lowest BCUT2D eigenvalue weighted by molar-refractivity contribution is 0.102. The Labute approximate surface area is 162 Å². The molecule has 26 heavy (non-hydrogen) atoms. The maximum atomic E-state index is 13.0. The molecule has 0 spiro atoms. The van der Waals surface area contributed by atoms with Crippen molar-refractivity contribution in [2.45, 2.75) is 31.1 Å². The Balaban J connectivity index is 1.88. The van der Waals surface area contributed by atoms with Gasteiger partial charge in [-0.25, -0.2) is 8.42 Å². The standard InChI is InChI=1S/C19H21BrN2O3S/c1-14-9-10-15(21-19(23)16-7-3-4-8-17(16)20)13-18(14)26(24,25)22-11-5-2-6-12-22/h3-4,7-10,13H,2,5-6,11-12H2,1H3,(H,21,23). The second-order valence-corrected chi connectivity index (χ2v) is 9.14. The molecular formula is C19H21BrN2O3S. The van der Waals surface area contributed by atoms with Crippen molar-refractivity contribution in [1.82, 2.24) is 4.31 Å². The minimum atomic E-state index is -3.55. The van der Waals surface area contributed by atoms with E-state index in [0.29, 0.717) is 34.4 Å². The highest BCUT2D eigenvalue weighted by Crippen LogP contribution is 2.26. The smallest absolute Gasteiger partial charge is 0.256 e. The summed E-state index contributed by atoms with van der Waals surface area (Å²) in [7, 11) is -3.55. The molecule has 138 valence electrons. The van der Waals surface area contributed by atoms with Crippen molar-refractivity contribution in [2.24, 2.45) is 0 Å². The van der Waals surface area contributed by atoms with Gasteiger partial charge in [-0.15, -0.1) is 0 Å². The molecule has 3 rings (SSSR count). The summed E-state index contributed by atoms with van der Waals surface area (Å²) in [4.78, 5) is 12.7. The van der Waals surface area contributed by atoms with Crippen LogP contribution in [0.15, 0.2) is 51.8 Å². The quantitative estimate of drug-likeness (QED) is 0.781. The number of aryl methyl sites for hydroxylation is 1. The summed E-state index contributed by atoms with van der Waals surface area (Å²) in [5.41, 5.74) is 1.63. The number of nitrogens with one attached hydrogen (secondary N) is 1. The van der Waals surface area contributed by atoms with Crippen LogP contribution in [0.3, 0.4) is 0 Å². The van der Waals surface area contributed by atoms with E-state index in [2.05, 4.69) is 21.2 Å². The predicted molar refractivity (Wildman–Crippen MR) is 106 cm³/mol. The lowest BCUT2D eigenvalue weighted by Gasteiger charge is -2.26. The van der Waals surface area contributed by atoms with E-state index in [0.717, 1.165) is 19.3 Å². The first-order valence-corrected chi connectivity index (χ1v) is 10.8.